The van der Waals surface area contributed by atoms with E-state index in [1.807, 2.05) is 0 Å². The van der Waals surface area contributed by atoms with Gasteiger partial charge in [0.1, 0.15) is 0 Å². The first-order valence-electron chi connectivity index (χ1n) is 23.2. The van der Waals surface area contributed by atoms with Crippen LogP contribution in [0.15, 0.2) is 231 Å². The molecule has 0 atom stereocenters. The number of nitrogens with zero attached hydrogens (tertiary/aromatic N) is 2. The van der Waals surface area contributed by atoms with Gasteiger partial charge < -0.3 is 18.6 Å². The molecule has 1 aliphatic rings. The lowest BCUT2D eigenvalue weighted by molar-refractivity contribution is 0.367. The van der Waals surface area contributed by atoms with Crippen molar-refractivity contribution in [3.05, 3.63) is 231 Å². The van der Waals surface area contributed by atoms with Crippen molar-refractivity contribution in [1.82, 2.24) is 9.13 Å². The van der Waals surface area contributed by atoms with Crippen molar-refractivity contribution in [3.8, 4) is 56.6 Å². The quantitative estimate of drug-likeness (QED) is 0.165. The zero-order valence-corrected chi connectivity index (χ0v) is 36.7. The highest BCUT2D eigenvalue weighted by molar-refractivity contribution is 6.18. The molecule has 3 heterocycles. The second-order valence-corrected chi connectivity index (χ2v) is 18.0. The number of para-hydroxylation sites is 2. The van der Waals surface area contributed by atoms with Gasteiger partial charge in [0, 0.05) is 22.1 Å². The second kappa shape index (κ2) is 14.2. The Morgan fingerprint density at radius 2 is 0.647 bits per heavy atom. The molecule has 14 aromatic rings. The van der Waals surface area contributed by atoms with Gasteiger partial charge in [0.25, 0.3) is 0 Å². The SMILES string of the molecule is c1cc(-c2cc3ccccc3c3ccccc23)cc(-n2c3ccccc3c3c4c(ccc32)Oc2c(ccc3c2c2ccccc2n3-c2cccc(-c3cc5ccccc5c5ccccc35)c2)O4)c1. The molecule has 0 saturated carbocycles. The molecule has 4 nitrogen and oxygen atoms in total. The molecule has 0 spiro atoms. The Balaban J connectivity index is 0.871. The molecule has 12 aromatic carbocycles. The summed E-state index contributed by atoms with van der Waals surface area (Å²) < 4.78 is 18.9. The number of hydrogen-bond acceptors (Lipinski definition) is 2. The monoisotopic (exact) mass is 866 g/mol. The molecule has 0 fully saturated rings. The number of benzene rings is 12. The Morgan fingerprint density at radius 1 is 0.265 bits per heavy atom. The minimum Gasteiger partial charge on any atom is -0.449 e. The fourth-order valence-corrected chi connectivity index (χ4v) is 11.4. The molecule has 0 amide bonds. The third-order valence-electron chi connectivity index (χ3n) is 14.3. The van der Waals surface area contributed by atoms with Gasteiger partial charge in [-0.3, -0.25) is 0 Å². The minimum atomic E-state index is 0.693. The van der Waals surface area contributed by atoms with Gasteiger partial charge in [0.05, 0.1) is 32.8 Å². The standard InChI is InChI=1S/C64H38N2O2/c1-3-21-45-41(15-1)37-53(49-25-7-5-23-47(45)49)39-17-13-19-43(35-39)65-55-29-11-9-27-51(55)61-57(65)31-33-59-63(61)67-60-34-32-58-62(64(60)68-59)52-28-10-12-30-56(52)66(58)44-20-14-18-40(36-44)54-38-42-16-2-4-22-46(42)48-24-6-8-26-50(48)54/h1-38H. The molecule has 0 unspecified atom stereocenters. The smallest absolute Gasteiger partial charge is 0.180 e. The Labute approximate surface area is 390 Å². The molecule has 0 bridgehead atoms. The van der Waals surface area contributed by atoms with Crippen LogP contribution in [0.25, 0.3) is 120 Å². The summed E-state index contributed by atoms with van der Waals surface area (Å²) in [6.45, 7) is 0. The van der Waals surface area contributed by atoms with Crippen LogP contribution in [0, 0.1) is 0 Å². The molecule has 1 aliphatic heterocycles. The molecule has 0 saturated heterocycles. The first kappa shape index (κ1) is 37.1. The van der Waals surface area contributed by atoms with Crippen LogP contribution in [0.2, 0.25) is 0 Å². The van der Waals surface area contributed by atoms with E-state index in [0.717, 1.165) is 66.5 Å². The summed E-state index contributed by atoms with van der Waals surface area (Å²) in [4.78, 5) is 0. The van der Waals surface area contributed by atoms with Gasteiger partial charge in [-0.05, 0) is 138 Å². The molecule has 2 aromatic heterocycles. The third kappa shape index (κ3) is 5.31. The second-order valence-electron chi connectivity index (χ2n) is 18.0. The molecule has 68 heavy (non-hydrogen) atoms. The highest BCUT2D eigenvalue weighted by Crippen LogP contribution is 2.55. The number of hydrogen-bond donors (Lipinski definition) is 0. The lowest BCUT2D eigenvalue weighted by Gasteiger charge is -2.22. The predicted molar refractivity (Wildman–Crippen MR) is 283 cm³/mol. The van der Waals surface area contributed by atoms with Gasteiger partial charge in [-0.2, -0.15) is 0 Å². The Hall–Kier alpha value is -9.12. The molecule has 0 radical (unpaired) electrons. The van der Waals surface area contributed by atoms with Crippen molar-refractivity contribution in [2.75, 3.05) is 0 Å². The molecule has 4 heteroatoms. The Kier molecular flexibility index (Phi) is 7.75. The van der Waals surface area contributed by atoms with Crippen molar-refractivity contribution in [1.29, 1.82) is 0 Å². The highest BCUT2D eigenvalue weighted by atomic mass is 16.6. The first-order chi connectivity index (χ1) is 33.7. The van der Waals surface area contributed by atoms with E-state index >= 15 is 0 Å². The fourth-order valence-electron chi connectivity index (χ4n) is 11.4. The average molecular weight is 867 g/mol. The number of aromatic nitrogens is 2. The van der Waals surface area contributed by atoms with Crippen LogP contribution < -0.4 is 9.47 Å². The molecule has 0 N–H and O–H groups in total. The van der Waals surface area contributed by atoms with Crippen molar-refractivity contribution >= 4 is 86.7 Å². The van der Waals surface area contributed by atoms with E-state index in [1.165, 1.54) is 65.3 Å². The zero-order chi connectivity index (χ0) is 44.5. The maximum atomic E-state index is 7.11. The first-order valence-corrected chi connectivity index (χ1v) is 23.2. The van der Waals surface area contributed by atoms with E-state index in [9.17, 15) is 0 Å². The van der Waals surface area contributed by atoms with Gasteiger partial charge in [-0.1, -0.05) is 158 Å². The molecule has 0 aliphatic carbocycles. The largest absolute Gasteiger partial charge is 0.449 e. The summed E-state index contributed by atoms with van der Waals surface area (Å²) in [5, 5.41) is 14.2. The maximum absolute atomic E-state index is 7.11. The maximum Gasteiger partial charge on any atom is 0.180 e. The number of rotatable bonds is 4. The van der Waals surface area contributed by atoms with Crippen LogP contribution in [0.1, 0.15) is 0 Å². The van der Waals surface area contributed by atoms with Gasteiger partial charge >= 0.3 is 0 Å². The van der Waals surface area contributed by atoms with E-state index in [1.54, 1.807) is 0 Å². The van der Waals surface area contributed by atoms with Crippen molar-refractivity contribution in [2.45, 2.75) is 0 Å². The summed E-state index contributed by atoms with van der Waals surface area (Å²) in [5.74, 6) is 2.83. The minimum absolute atomic E-state index is 0.693. The molecule has 15 rings (SSSR count). The summed E-state index contributed by atoms with van der Waals surface area (Å²) in [5.41, 5.74) is 11.2. The van der Waals surface area contributed by atoms with E-state index in [4.69, 9.17) is 9.47 Å². The summed E-state index contributed by atoms with van der Waals surface area (Å²) in [7, 11) is 0. The summed E-state index contributed by atoms with van der Waals surface area (Å²) in [6.07, 6.45) is 0. The van der Waals surface area contributed by atoms with Crippen molar-refractivity contribution in [3.63, 3.8) is 0 Å². The number of fused-ring (bicyclic) bond motifs is 16. The van der Waals surface area contributed by atoms with Gasteiger partial charge in [0.15, 0.2) is 23.0 Å². The van der Waals surface area contributed by atoms with Crippen LogP contribution in [-0.4, -0.2) is 9.13 Å². The average Bonchev–Trinajstić information content (AvgIpc) is 3.94. The molecule has 316 valence electrons. The zero-order valence-electron chi connectivity index (χ0n) is 36.7. The number of ether oxygens (including phenoxy) is 2. The van der Waals surface area contributed by atoms with Gasteiger partial charge in [0.2, 0.25) is 0 Å². The van der Waals surface area contributed by atoms with Gasteiger partial charge in [-0.25, -0.2) is 0 Å². The van der Waals surface area contributed by atoms with Crippen LogP contribution >= 0.6 is 0 Å². The van der Waals surface area contributed by atoms with E-state index < -0.39 is 0 Å². The van der Waals surface area contributed by atoms with Crippen LogP contribution in [-0.2, 0) is 0 Å². The summed E-state index contributed by atoms with van der Waals surface area (Å²) in [6, 6.07) is 83.1. The highest BCUT2D eigenvalue weighted by Gasteiger charge is 2.29. The lowest BCUT2D eigenvalue weighted by Crippen LogP contribution is -2.01. The van der Waals surface area contributed by atoms with E-state index in [0.29, 0.717) is 11.5 Å². The topological polar surface area (TPSA) is 28.3 Å². The Morgan fingerprint density at radius 3 is 1.10 bits per heavy atom. The van der Waals surface area contributed by atoms with Crippen molar-refractivity contribution in [2.24, 2.45) is 0 Å². The van der Waals surface area contributed by atoms with Crippen LogP contribution in [0.5, 0.6) is 23.0 Å². The van der Waals surface area contributed by atoms with E-state index in [-0.39, 0.29) is 0 Å². The van der Waals surface area contributed by atoms with Gasteiger partial charge in [-0.15, -0.1) is 0 Å². The van der Waals surface area contributed by atoms with Crippen molar-refractivity contribution < 1.29 is 9.47 Å². The third-order valence-corrected chi connectivity index (χ3v) is 14.3. The van der Waals surface area contributed by atoms with E-state index in [2.05, 4.69) is 240 Å². The van der Waals surface area contributed by atoms with Crippen LogP contribution in [0.3, 0.4) is 0 Å². The molecular weight excluding hydrogens is 829 g/mol. The lowest BCUT2D eigenvalue weighted by atomic mass is 9.93. The van der Waals surface area contributed by atoms with Crippen LogP contribution in [0.4, 0.5) is 0 Å². The molecular formula is C64H38N2O2. The summed E-state index contributed by atoms with van der Waals surface area (Å²) >= 11 is 0. The Bertz CT molecular complexity index is 4170. The predicted octanol–water partition coefficient (Wildman–Crippen LogP) is 17.7. The normalized spacial score (nSPS) is 12.4. The fraction of sp³-hybridized carbons (Fsp3) is 0.